The van der Waals surface area contributed by atoms with E-state index in [2.05, 4.69) is 10.3 Å². The molecule has 1 aromatic heterocycles. The van der Waals surface area contributed by atoms with Crippen molar-refractivity contribution in [1.29, 1.82) is 0 Å². The summed E-state index contributed by atoms with van der Waals surface area (Å²) < 4.78 is 40.0. The Balaban J connectivity index is 2.04. The summed E-state index contributed by atoms with van der Waals surface area (Å²) >= 11 is 5.69. The zero-order valence-electron chi connectivity index (χ0n) is 12.3. The van der Waals surface area contributed by atoms with E-state index in [9.17, 15) is 17.6 Å². The van der Waals surface area contributed by atoms with Crippen LogP contribution in [0.25, 0.3) is 0 Å². The lowest BCUT2D eigenvalue weighted by molar-refractivity contribution is -0.126. The van der Waals surface area contributed by atoms with Gasteiger partial charge in [0.15, 0.2) is 0 Å². The number of piperazine rings is 1. The van der Waals surface area contributed by atoms with E-state index in [1.54, 1.807) is 0 Å². The third-order valence-corrected chi connectivity index (χ3v) is 5.73. The highest BCUT2D eigenvalue weighted by Crippen LogP contribution is 2.29. The van der Waals surface area contributed by atoms with E-state index in [4.69, 9.17) is 11.6 Å². The van der Waals surface area contributed by atoms with Crippen LogP contribution in [-0.2, 0) is 14.8 Å². The lowest BCUT2D eigenvalue weighted by atomic mass is 10.0. The molecule has 9 heteroatoms. The molecule has 0 aliphatic carbocycles. The first kappa shape index (κ1) is 16.8. The summed E-state index contributed by atoms with van der Waals surface area (Å²) in [6, 6.07) is 6.79. The Morgan fingerprint density at radius 2 is 1.92 bits per heavy atom. The number of carbonyl (C=O) groups excluding carboxylic acids is 1. The van der Waals surface area contributed by atoms with Gasteiger partial charge in [-0.3, -0.25) is 4.79 Å². The number of hydrogen-bond donors (Lipinski definition) is 1. The number of amides is 1. The van der Waals surface area contributed by atoms with Crippen LogP contribution >= 0.6 is 11.6 Å². The van der Waals surface area contributed by atoms with Gasteiger partial charge in [0.05, 0.1) is 0 Å². The summed E-state index contributed by atoms with van der Waals surface area (Å²) in [6.07, 6.45) is 1.14. The smallest absolute Gasteiger partial charge is 0.245 e. The van der Waals surface area contributed by atoms with Gasteiger partial charge >= 0.3 is 0 Å². The molecule has 2 heterocycles. The molecule has 1 saturated heterocycles. The molecular formula is C15H13ClFN3O3S. The fraction of sp³-hybridized carbons (Fsp3) is 0.200. The van der Waals surface area contributed by atoms with Crippen molar-refractivity contribution in [3.63, 3.8) is 0 Å². The number of pyridine rings is 1. The molecule has 0 radical (unpaired) electrons. The molecule has 1 aliphatic rings. The third-order valence-electron chi connectivity index (χ3n) is 3.66. The van der Waals surface area contributed by atoms with Crippen molar-refractivity contribution >= 4 is 27.5 Å². The van der Waals surface area contributed by atoms with Gasteiger partial charge in [-0.2, -0.15) is 4.31 Å². The second-order valence-electron chi connectivity index (χ2n) is 5.18. The minimum atomic E-state index is -3.96. The summed E-state index contributed by atoms with van der Waals surface area (Å²) in [5.41, 5.74) is 0.388. The second-order valence-corrected chi connectivity index (χ2v) is 7.46. The molecule has 1 fully saturated rings. The van der Waals surface area contributed by atoms with Crippen LogP contribution in [0.15, 0.2) is 47.5 Å². The maximum absolute atomic E-state index is 13.1. The van der Waals surface area contributed by atoms with E-state index in [0.717, 1.165) is 10.5 Å². The van der Waals surface area contributed by atoms with Crippen LogP contribution in [0.3, 0.4) is 0 Å². The zero-order valence-corrected chi connectivity index (χ0v) is 13.9. The number of carbonyl (C=O) groups is 1. The van der Waals surface area contributed by atoms with Gasteiger partial charge in [-0.25, -0.2) is 17.8 Å². The molecule has 0 saturated carbocycles. The second kappa shape index (κ2) is 6.46. The van der Waals surface area contributed by atoms with Crippen molar-refractivity contribution < 1.29 is 17.6 Å². The average molecular weight is 370 g/mol. The Morgan fingerprint density at radius 3 is 2.54 bits per heavy atom. The van der Waals surface area contributed by atoms with E-state index in [-0.39, 0.29) is 23.1 Å². The molecule has 1 atom stereocenters. The number of halogens is 2. The first-order valence-corrected chi connectivity index (χ1v) is 8.88. The van der Waals surface area contributed by atoms with Crippen molar-refractivity contribution in [3.05, 3.63) is 59.1 Å². The van der Waals surface area contributed by atoms with Crippen LogP contribution < -0.4 is 5.32 Å². The van der Waals surface area contributed by atoms with Gasteiger partial charge in [0, 0.05) is 19.3 Å². The van der Waals surface area contributed by atoms with Gasteiger partial charge in [-0.1, -0.05) is 23.7 Å². The van der Waals surface area contributed by atoms with Crippen molar-refractivity contribution in [3.8, 4) is 0 Å². The number of nitrogens with zero attached hydrogens (tertiary/aromatic N) is 2. The van der Waals surface area contributed by atoms with Crippen molar-refractivity contribution in [2.75, 3.05) is 13.1 Å². The van der Waals surface area contributed by atoms with Crippen LogP contribution in [0.1, 0.15) is 11.6 Å². The van der Waals surface area contributed by atoms with Crippen molar-refractivity contribution in [1.82, 2.24) is 14.6 Å². The van der Waals surface area contributed by atoms with E-state index in [1.165, 1.54) is 36.4 Å². The lowest BCUT2D eigenvalue weighted by Gasteiger charge is -2.34. The predicted octanol–water partition coefficient (Wildman–Crippen LogP) is 1.74. The van der Waals surface area contributed by atoms with Crippen LogP contribution in [0.5, 0.6) is 0 Å². The van der Waals surface area contributed by atoms with Crippen LogP contribution in [0.2, 0.25) is 5.15 Å². The monoisotopic (exact) mass is 369 g/mol. The van der Waals surface area contributed by atoms with Gasteiger partial charge in [0.2, 0.25) is 15.9 Å². The highest BCUT2D eigenvalue weighted by Gasteiger charge is 2.39. The summed E-state index contributed by atoms with van der Waals surface area (Å²) in [5.74, 6) is -0.926. The average Bonchev–Trinajstić information content (AvgIpc) is 2.56. The van der Waals surface area contributed by atoms with Crippen molar-refractivity contribution in [2.24, 2.45) is 0 Å². The van der Waals surface area contributed by atoms with Gasteiger partial charge < -0.3 is 5.32 Å². The number of rotatable bonds is 3. The largest absolute Gasteiger partial charge is 0.353 e. The van der Waals surface area contributed by atoms with E-state index in [0.29, 0.717) is 5.56 Å². The molecule has 126 valence electrons. The molecule has 1 N–H and O–H groups in total. The molecule has 1 unspecified atom stereocenters. The molecule has 0 spiro atoms. The highest BCUT2D eigenvalue weighted by atomic mass is 35.5. The molecule has 2 aromatic rings. The van der Waals surface area contributed by atoms with Gasteiger partial charge in [0.1, 0.15) is 21.9 Å². The van der Waals surface area contributed by atoms with E-state index in [1.807, 2.05) is 0 Å². The van der Waals surface area contributed by atoms with Crippen LogP contribution in [0, 0.1) is 5.82 Å². The Labute approximate surface area is 143 Å². The normalized spacial score (nSPS) is 19.1. The number of aromatic nitrogens is 1. The standard InChI is InChI=1S/C15H13ClFN3O3S/c16-13-6-5-12(9-19-13)24(22,23)20-8-7-18-15(21)14(20)10-1-3-11(17)4-2-10/h1-6,9,14H,7-8H2,(H,18,21). The van der Waals surface area contributed by atoms with Gasteiger partial charge in [0.25, 0.3) is 0 Å². The Bertz CT molecular complexity index is 857. The van der Waals surface area contributed by atoms with Crippen LogP contribution in [-0.4, -0.2) is 36.7 Å². The first-order valence-electron chi connectivity index (χ1n) is 7.06. The Morgan fingerprint density at radius 1 is 1.21 bits per heavy atom. The van der Waals surface area contributed by atoms with E-state index < -0.39 is 27.8 Å². The maximum Gasteiger partial charge on any atom is 0.245 e. The van der Waals surface area contributed by atoms with Gasteiger partial charge in [-0.05, 0) is 29.8 Å². The molecule has 6 nitrogen and oxygen atoms in total. The Hall–Kier alpha value is -2.03. The third kappa shape index (κ3) is 3.12. The maximum atomic E-state index is 13.1. The SMILES string of the molecule is O=C1NCCN(S(=O)(=O)c2ccc(Cl)nc2)C1c1ccc(F)cc1. The molecule has 1 aromatic carbocycles. The Kier molecular flexibility index (Phi) is 4.53. The fourth-order valence-corrected chi connectivity index (χ4v) is 4.15. The number of benzene rings is 1. The lowest BCUT2D eigenvalue weighted by Crippen LogP contribution is -2.52. The molecule has 1 amide bonds. The van der Waals surface area contributed by atoms with Crippen LogP contribution in [0.4, 0.5) is 4.39 Å². The zero-order chi connectivity index (χ0) is 17.3. The highest BCUT2D eigenvalue weighted by molar-refractivity contribution is 7.89. The van der Waals surface area contributed by atoms with E-state index >= 15 is 0 Å². The van der Waals surface area contributed by atoms with Crippen molar-refractivity contribution in [2.45, 2.75) is 10.9 Å². The molecule has 24 heavy (non-hydrogen) atoms. The number of hydrogen-bond acceptors (Lipinski definition) is 4. The fourth-order valence-electron chi connectivity index (χ4n) is 2.52. The quantitative estimate of drug-likeness (QED) is 0.836. The molecular weight excluding hydrogens is 357 g/mol. The summed E-state index contributed by atoms with van der Waals surface area (Å²) in [5, 5.41) is 2.80. The number of nitrogens with one attached hydrogen (secondary N) is 1. The summed E-state index contributed by atoms with van der Waals surface area (Å²) in [6.45, 7) is 0.287. The first-order chi connectivity index (χ1) is 11.4. The molecule has 0 bridgehead atoms. The topological polar surface area (TPSA) is 79.4 Å². The summed E-state index contributed by atoms with van der Waals surface area (Å²) in [4.78, 5) is 16.0. The number of sulfonamides is 1. The molecule has 3 rings (SSSR count). The summed E-state index contributed by atoms with van der Waals surface area (Å²) in [7, 11) is -3.96. The minimum Gasteiger partial charge on any atom is -0.353 e. The molecule has 1 aliphatic heterocycles. The predicted molar refractivity (Wildman–Crippen MR) is 85.3 cm³/mol. The van der Waals surface area contributed by atoms with Gasteiger partial charge in [-0.15, -0.1) is 0 Å². The minimum absolute atomic E-state index is 0.0614.